The summed E-state index contributed by atoms with van der Waals surface area (Å²) in [6, 6.07) is 1.85. The zero-order valence-corrected chi connectivity index (χ0v) is 7.27. The highest BCUT2D eigenvalue weighted by molar-refractivity contribution is 4.62. The molecule has 1 aliphatic heterocycles. The van der Waals surface area contributed by atoms with Gasteiger partial charge in [0.25, 0.3) is 0 Å². The Morgan fingerprint density at radius 1 is 1.40 bits per heavy atom. The van der Waals surface area contributed by atoms with Gasteiger partial charge in [-0.1, -0.05) is 13.3 Å². The van der Waals surface area contributed by atoms with Crippen molar-refractivity contribution in [2.75, 3.05) is 0 Å². The minimum absolute atomic E-state index is 0.894. The van der Waals surface area contributed by atoms with Gasteiger partial charge >= 0.3 is 0 Å². The van der Waals surface area contributed by atoms with Crippen LogP contribution in [-0.4, -0.2) is 12.1 Å². The Kier molecular flexibility index (Phi) is 3.20. The first-order chi connectivity index (χ1) is 4.83. The monoisotopic (exact) mass is 142 g/mol. The summed E-state index contributed by atoms with van der Waals surface area (Å²) in [5.41, 5.74) is 0. The first-order valence-electron chi connectivity index (χ1n) is 4.68. The molecule has 1 heterocycles. The molecule has 0 unspecified atom stereocenters. The van der Waals surface area contributed by atoms with E-state index in [9.17, 15) is 0 Å². The summed E-state index contributed by atoms with van der Waals surface area (Å²) in [7, 11) is 0. The maximum Gasteiger partial charge on any atom is 0.0861 e. The maximum atomic E-state index is 2.56. The van der Waals surface area contributed by atoms with Crippen LogP contribution in [0, 0.1) is 0 Å². The molecule has 1 heteroatoms. The standard InChI is InChI=1S/C9H19N/c1-3-5-9-7-4-6-8(2)10-9/h8-10H,3-7H2,1-2H3/p+1/t8-,9+/m1/s1. The first-order valence-corrected chi connectivity index (χ1v) is 4.68. The summed E-state index contributed by atoms with van der Waals surface area (Å²) in [5, 5.41) is 2.56. The summed E-state index contributed by atoms with van der Waals surface area (Å²) in [6.07, 6.45) is 7.12. The Balaban J connectivity index is 2.18. The molecule has 0 aromatic heterocycles. The fourth-order valence-corrected chi connectivity index (χ4v) is 1.97. The van der Waals surface area contributed by atoms with Crippen LogP contribution in [0.25, 0.3) is 0 Å². The number of nitrogens with two attached hydrogens (primary N) is 1. The third-order valence-corrected chi connectivity index (χ3v) is 2.49. The van der Waals surface area contributed by atoms with Crippen molar-refractivity contribution in [1.82, 2.24) is 0 Å². The second-order valence-electron chi connectivity index (χ2n) is 3.65. The molecule has 0 aromatic carbocycles. The van der Waals surface area contributed by atoms with Gasteiger partial charge in [0.2, 0.25) is 0 Å². The van der Waals surface area contributed by atoms with Crippen LogP contribution >= 0.6 is 0 Å². The average Bonchev–Trinajstić information content (AvgIpc) is 1.88. The molecule has 1 aliphatic rings. The van der Waals surface area contributed by atoms with Crippen LogP contribution < -0.4 is 5.32 Å². The fourth-order valence-electron chi connectivity index (χ4n) is 1.97. The van der Waals surface area contributed by atoms with Crippen LogP contribution in [0.1, 0.15) is 46.0 Å². The quantitative estimate of drug-likeness (QED) is 0.598. The lowest BCUT2D eigenvalue weighted by atomic mass is 9.97. The van der Waals surface area contributed by atoms with Crippen molar-refractivity contribution in [3.05, 3.63) is 0 Å². The zero-order chi connectivity index (χ0) is 7.40. The molecule has 0 aliphatic carbocycles. The van der Waals surface area contributed by atoms with Gasteiger partial charge in [0.15, 0.2) is 0 Å². The van der Waals surface area contributed by atoms with Crippen LogP contribution in [0.2, 0.25) is 0 Å². The molecule has 1 fully saturated rings. The predicted molar refractivity (Wildman–Crippen MR) is 43.9 cm³/mol. The molecule has 0 aromatic rings. The Bertz CT molecular complexity index is 88.7. The number of quaternary nitrogens is 1. The van der Waals surface area contributed by atoms with E-state index in [1.165, 1.54) is 32.1 Å². The topological polar surface area (TPSA) is 16.6 Å². The van der Waals surface area contributed by atoms with E-state index in [1.54, 1.807) is 0 Å². The lowest BCUT2D eigenvalue weighted by molar-refractivity contribution is -0.727. The van der Waals surface area contributed by atoms with E-state index in [2.05, 4.69) is 19.2 Å². The molecule has 0 amide bonds. The van der Waals surface area contributed by atoms with E-state index in [4.69, 9.17) is 0 Å². The van der Waals surface area contributed by atoms with Crippen molar-refractivity contribution in [3.63, 3.8) is 0 Å². The first kappa shape index (κ1) is 8.06. The van der Waals surface area contributed by atoms with Gasteiger partial charge < -0.3 is 5.32 Å². The summed E-state index contributed by atoms with van der Waals surface area (Å²) in [6.45, 7) is 4.63. The average molecular weight is 142 g/mol. The molecule has 0 bridgehead atoms. The van der Waals surface area contributed by atoms with E-state index in [-0.39, 0.29) is 0 Å². The predicted octanol–water partition coefficient (Wildman–Crippen LogP) is 1.29. The second kappa shape index (κ2) is 3.97. The summed E-state index contributed by atoms with van der Waals surface area (Å²) in [5.74, 6) is 0. The maximum absolute atomic E-state index is 2.56. The van der Waals surface area contributed by atoms with Crippen molar-refractivity contribution in [1.29, 1.82) is 0 Å². The van der Waals surface area contributed by atoms with Crippen LogP contribution in [0.4, 0.5) is 0 Å². The van der Waals surface area contributed by atoms with Crippen molar-refractivity contribution in [2.24, 2.45) is 0 Å². The largest absolute Gasteiger partial charge is 0.342 e. The molecular formula is C9H20N+. The summed E-state index contributed by atoms with van der Waals surface area (Å²) in [4.78, 5) is 0. The molecule has 0 saturated carbocycles. The Labute approximate surface area is 64.2 Å². The summed E-state index contributed by atoms with van der Waals surface area (Å²) < 4.78 is 0. The third-order valence-electron chi connectivity index (χ3n) is 2.49. The highest BCUT2D eigenvalue weighted by Crippen LogP contribution is 2.09. The lowest BCUT2D eigenvalue weighted by Gasteiger charge is -2.24. The van der Waals surface area contributed by atoms with Gasteiger partial charge in [0.1, 0.15) is 0 Å². The molecule has 60 valence electrons. The number of rotatable bonds is 2. The van der Waals surface area contributed by atoms with E-state index in [0.29, 0.717) is 0 Å². The minimum atomic E-state index is 0.894. The second-order valence-corrected chi connectivity index (χ2v) is 3.65. The highest BCUT2D eigenvalue weighted by Gasteiger charge is 2.19. The van der Waals surface area contributed by atoms with Crippen molar-refractivity contribution >= 4 is 0 Å². The van der Waals surface area contributed by atoms with Crippen molar-refractivity contribution < 1.29 is 5.32 Å². The minimum Gasteiger partial charge on any atom is -0.342 e. The fraction of sp³-hybridized carbons (Fsp3) is 1.00. The molecule has 1 rings (SSSR count). The van der Waals surface area contributed by atoms with Gasteiger partial charge in [-0.15, -0.1) is 0 Å². The van der Waals surface area contributed by atoms with Gasteiger partial charge in [-0.2, -0.15) is 0 Å². The highest BCUT2D eigenvalue weighted by atomic mass is 15.0. The van der Waals surface area contributed by atoms with Gasteiger partial charge in [-0.25, -0.2) is 0 Å². The molecule has 2 atom stereocenters. The molecule has 2 N–H and O–H groups in total. The van der Waals surface area contributed by atoms with E-state index in [1.807, 2.05) is 0 Å². The van der Waals surface area contributed by atoms with Crippen molar-refractivity contribution in [2.45, 2.75) is 58.0 Å². The normalized spacial score (nSPS) is 34.2. The summed E-state index contributed by atoms with van der Waals surface area (Å²) >= 11 is 0. The molecule has 10 heavy (non-hydrogen) atoms. The van der Waals surface area contributed by atoms with E-state index in [0.717, 1.165) is 12.1 Å². The third kappa shape index (κ3) is 2.30. The SMILES string of the molecule is CCC[C@H]1CCC[C@@H](C)[NH2+]1. The number of hydrogen-bond acceptors (Lipinski definition) is 0. The van der Waals surface area contributed by atoms with Crippen LogP contribution in [0.15, 0.2) is 0 Å². The van der Waals surface area contributed by atoms with E-state index >= 15 is 0 Å². The lowest BCUT2D eigenvalue weighted by Crippen LogP contribution is -2.95. The molecule has 1 saturated heterocycles. The smallest absolute Gasteiger partial charge is 0.0861 e. The Morgan fingerprint density at radius 3 is 2.80 bits per heavy atom. The van der Waals surface area contributed by atoms with E-state index < -0.39 is 0 Å². The Morgan fingerprint density at radius 2 is 2.20 bits per heavy atom. The number of piperidine rings is 1. The molecule has 0 radical (unpaired) electrons. The Hall–Kier alpha value is -0.0400. The van der Waals surface area contributed by atoms with Gasteiger partial charge in [0, 0.05) is 0 Å². The molecular weight excluding hydrogens is 122 g/mol. The molecule has 1 nitrogen and oxygen atoms in total. The van der Waals surface area contributed by atoms with Gasteiger partial charge in [-0.3, -0.25) is 0 Å². The van der Waals surface area contributed by atoms with Crippen LogP contribution in [-0.2, 0) is 0 Å². The zero-order valence-electron chi connectivity index (χ0n) is 7.27. The van der Waals surface area contributed by atoms with Gasteiger partial charge in [-0.05, 0) is 32.6 Å². The number of hydrogen-bond donors (Lipinski definition) is 1. The molecule has 0 spiro atoms. The van der Waals surface area contributed by atoms with Crippen molar-refractivity contribution in [3.8, 4) is 0 Å². The van der Waals surface area contributed by atoms with Crippen LogP contribution in [0.3, 0.4) is 0 Å². The van der Waals surface area contributed by atoms with Crippen LogP contribution in [0.5, 0.6) is 0 Å². The van der Waals surface area contributed by atoms with Gasteiger partial charge in [0.05, 0.1) is 12.1 Å².